The molecule has 0 aliphatic carbocycles. The molecule has 0 spiro atoms. The lowest BCUT2D eigenvalue weighted by Crippen LogP contribution is -2.39. The molecule has 0 radical (unpaired) electrons. The average molecular weight is 325 g/mol. The normalized spacial score (nSPS) is 24.4. The lowest BCUT2D eigenvalue weighted by atomic mass is 9.90. The fraction of sp³-hybridized carbons (Fsp3) is 0.533. The number of nitriles is 1. The van der Waals surface area contributed by atoms with Crippen molar-refractivity contribution in [1.82, 2.24) is 4.90 Å². The largest absolute Gasteiger partial charge is 0.297 e. The van der Waals surface area contributed by atoms with Gasteiger partial charge < -0.3 is 0 Å². The molecule has 1 aromatic carbocycles. The molecule has 1 aromatic rings. The van der Waals surface area contributed by atoms with Gasteiger partial charge >= 0.3 is 0 Å². The minimum atomic E-state index is -0.261. The van der Waals surface area contributed by atoms with Gasteiger partial charge in [0.15, 0.2) is 0 Å². The molecule has 2 nitrogen and oxygen atoms in total. The maximum Gasteiger partial charge on any atom is 0.137 e. The molecule has 0 amide bonds. The summed E-state index contributed by atoms with van der Waals surface area (Å²) in [5.74, 6) is -0.241. The highest BCUT2D eigenvalue weighted by Gasteiger charge is 2.38. The lowest BCUT2D eigenvalue weighted by molar-refractivity contribution is 0.170. The quantitative estimate of drug-likeness (QED) is 0.782. The number of halogens is 2. The van der Waals surface area contributed by atoms with Crippen molar-refractivity contribution in [3.8, 4) is 6.07 Å². The standard InChI is InChI=1S/C15H18BrFN2/c1-15(2,3)19-8-11(7-18)12(9-19)10-4-5-13(16)14(17)6-10/h4-6,11-12H,8-9H2,1-3H3/t11-,12+/m1/s1. The molecule has 1 aliphatic heterocycles. The summed E-state index contributed by atoms with van der Waals surface area (Å²) in [6.07, 6.45) is 0. The van der Waals surface area contributed by atoms with Gasteiger partial charge in [-0.05, 0) is 54.4 Å². The molecule has 2 rings (SSSR count). The number of hydrogen-bond acceptors (Lipinski definition) is 2. The Kier molecular flexibility index (Phi) is 3.98. The molecule has 4 heteroatoms. The molecule has 1 heterocycles. The Morgan fingerprint density at radius 1 is 1.37 bits per heavy atom. The fourth-order valence-corrected chi connectivity index (χ4v) is 2.81. The Balaban J connectivity index is 2.28. The van der Waals surface area contributed by atoms with Crippen LogP contribution in [0, 0.1) is 23.1 Å². The summed E-state index contributed by atoms with van der Waals surface area (Å²) >= 11 is 3.16. The monoisotopic (exact) mass is 324 g/mol. The van der Waals surface area contributed by atoms with Crippen LogP contribution in [-0.2, 0) is 0 Å². The van der Waals surface area contributed by atoms with Crippen LogP contribution in [0.1, 0.15) is 32.3 Å². The predicted molar refractivity (Wildman–Crippen MR) is 77.3 cm³/mol. The third-order valence-electron chi connectivity index (χ3n) is 3.81. The van der Waals surface area contributed by atoms with Crippen LogP contribution < -0.4 is 0 Å². The second-order valence-corrected chi connectivity index (χ2v) is 6.95. The van der Waals surface area contributed by atoms with Crippen molar-refractivity contribution >= 4 is 15.9 Å². The first-order valence-electron chi connectivity index (χ1n) is 6.42. The Labute approximate surface area is 122 Å². The zero-order valence-corrected chi connectivity index (χ0v) is 13.0. The van der Waals surface area contributed by atoms with Gasteiger partial charge in [-0.25, -0.2) is 4.39 Å². The molecule has 0 bridgehead atoms. The van der Waals surface area contributed by atoms with Crippen LogP contribution in [0.4, 0.5) is 4.39 Å². The van der Waals surface area contributed by atoms with E-state index in [2.05, 4.69) is 47.7 Å². The van der Waals surface area contributed by atoms with Crippen LogP contribution >= 0.6 is 15.9 Å². The van der Waals surface area contributed by atoms with Crippen molar-refractivity contribution in [2.24, 2.45) is 5.92 Å². The topological polar surface area (TPSA) is 27.0 Å². The highest BCUT2D eigenvalue weighted by molar-refractivity contribution is 9.10. The second kappa shape index (κ2) is 5.22. The summed E-state index contributed by atoms with van der Waals surface area (Å²) in [7, 11) is 0. The van der Waals surface area contributed by atoms with Crippen LogP contribution in [0.15, 0.2) is 22.7 Å². The molecule has 19 heavy (non-hydrogen) atoms. The molecular formula is C15H18BrFN2. The SMILES string of the molecule is CC(C)(C)N1C[C@@H](C#N)[C@H](c2ccc(Br)c(F)c2)C1. The Morgan fingerprint density at radius 2 is 2.05 bits per heavy atom. The highest BCUT2D eigenvalue weighted by Crippen LogP contribution is 2.36. The van der Waals surface area contributed by atoms with Gasteiger partial charge in [0, 0.05) is 24.5 Å². The Hall–Kier alpha value is -0.920. The summed E-state index contributed by atoms with van der Waals surface area (Å²) in [5, 5.41) is 9.33. The van der Waals surface area contributed by atoms with Gasteiger partial charge in [-0.15, -0.1) is 0 Å². The van der Waals surface area contributed by atoms with Gasteiger partial charge in [0.1, 0.15) is 5.82 Å². The first kappa shape index (κ1) is 14.5. The average Bonchev–Trinajstić information content (AvgIpc) is 2.76. The first-order valence-corrected chi connectivity index (χ1v) is 7.22. The van der Waals surface area contributed by atoms with E-state index < -0.39 is 0 Å². The summed E-state index contributed by atoms with van der Waals surface area (Å²) in [6, 6.07) is 7.55. The van der Waals surface area contributed by atoms with E-state index in [4.69, 9.17) is 0 Å². The van der Waals surface area contributed by atoms with E-state index in [-0.39, 0.29) is 23.2 Å². The molecule has 0 N–H and O–H groups in total. The minimum absolute atomic E-state index is 0.0394. The third kappa shape index (κ3) is 2.98. The van der Waals surface area contributed by atoms with Crippen molar-refractivity contribution in [3.05, 3.63) is 34.1 Å². The number of benzene rings is 1. The van der Waals surface area contributed by atoms with Gasteiger partial charge in [-0.1, -0.05) is 6.07 Å². The molecule has 2 atom stereocenters. The second-order valence-electron chi connectivity index (χ2n) is 6.09. The maximum atomic E-state index is 13.7. The molecule has 1 fully saturated rings. The van der Waals surface area contributed by atoms with Gasteiger partial charge in [0.05, 0.1) is 16.5 Å². The van der Waals surface area contributed by atoms with Crippen molar-refractivity contribution in [1.29, 1.82) is 5.26 Å². The summed E-state index contributed by atoms with van der Waals surface area (Å²) in [4.78, 5) is 2.30. The first-order chi connectivity index (χ1) is 8.82. The van der Waals surface area contributed by atoms with Crippen molar-refractivity contribution in [3.63, 3.8) is 0 Å². The van der Waals surface area contributed by atoms with Crippen molar-refractivity contribution < 1.29 is 4.39 Å². The van der Waals surface area contributed by atoms with E-state index in [9.17, 15) is 9.65 Å². The van der Waals surface area contributed by atoms with Crippen LogP contribution in [0.5, 0.6) is 0 Å². The molecular weight excluding hydrogens is 307 g/mol. The minimum Gasteiger partial charge on any atom is -0.297 e. The van der Waals surface area contributed by atoms with E-state index in [1.54, 1.807) is 12.1 Å². The molecule has 1 saturated heterocycles. The van der Waals surface area contributed by atoms with Gasteiger partial charge in [0.25, 0.3) is 0 Å². The molecule has 0 saturated carbocycles. The van der Waals surface area contributed by atoms with Crippen LogP contribution in [-0.4, -0.2) is 23.5 Å². The number of nitrogens with zero attached hydrogens (tertiary/aromatic N) is 2. The summed E-state index contributed by atoms with van der Waals surface area (Å²) in [6.45, 7) is 8.00. The number of hydrogen-bond donors (Lipinski definition) is 0. The Morgan fingerprint density at radius 3 is 2.58 bits per heavy atom. The highest BCUT2D eigenvalue weighted by atomic mass is 79.9. The van der Waals surface area contributed by atoms with E-state index in [1.807, 2.05) is 6.07 Å². The maximum absolute atomic E-state index is 13.7. The molecule has 102 valence electrons. The predicted octanol–water partition coefficient (Wildman–Crippen LogP) is 3.93. The van der Waals surface area contributed by atoms with E-state index >= 15 is 0 Å². The van der Waals surface area contributed by atoms with Crippen molar-refractivity contribution in [2.75, 3.05) is 13.1 Å². The van der Waals surface area contributed by atoms with Gasteiger partial charge in [-0.2, -0.15) is 5.26 Å². The van der Waals surface area contributed by atoms with Gasteiger partial charge in [-0.3, -0.25) is 4.90 Å². The molecule has 1 aliphatic rings. The smallest absolute Gasteiger partial charge is 0.137 e. The van der Waals surface area contributed by atoms with Crippen LogP contribution in [0.2, 0.25) is 0 Å². The summed E-state index contributed by atoms with van der Waals surface area (Å²) < 4.78 is 14.1. The Bertz CT molecular complexity index is 516. The van der Waals surface area contributed by atoms with Crippen LogP contribution in [0.25, 0.3) is 0 Å². The zero-order valence-electron chi connectivity index (χ0n) is 11.5. The lowest BCUT2D eigenvalue weighted by Gasteiger charge is -2.31. The zero-order chi connectivity index (χ0) is 14.2. The fourth-order valence-electron chi connectivity index (χ4n) is 2.56. The van der Waals surface area contributed by atoms with E-state index in [1.165, 1.54) is 0 Å². The molecule has 0 aromatic heterocycles. The third-order valence-corrected chi connectivity index (χ3v) is 4.45. The molecule has 0 unspecified atom stereocenters. The number of rotatable bonds is 1. The number of likely N-dealkylation sites (tertiary alicyclic amines) is 1. The van der Waals surface area contributed by atoms with Gasteiger partial charge in [0.2, 0.25) is 0 Å². The van der Waals surface area contributed by atoms with E-state index in [0.717, 1.165) is 18.7 Å². The summed E-state index contributed by atoms with van der Waals surface area (Å²) in [5.41, 5.74) is 0.955. The van der Waals surface area contributed by atoms with E-state index in [0.29, 0.717) is 4.47 Å². The van der Waals surface area contributed by atoms with Crippen LogP contribution in [0.3, 0.4) is 0 Å². The van der Waals surface area contributed by atoms with Crippen molar-refractivity contribution in [2.45, 2.75) is 32.2 Å².